The Morgan fingerprint density at radius 1 is 0.875 bits per heavy atom. The highest BCUT2D eigenvalue weighted by atomic mass is 16.6. The molecule has 0 aliphatic heterocycles. The lowest BCUT2D eigenvalue weighted by Crippen LogP contribution is -2.52. The summed E-state index contributed by atoms with van der Waals surface area (Å²) in [6.07, 6.45) is -5.03. The Labute approximate surface area is 182 Å². The second-order valence-corrected chi connectivity index (χ2v) is 6.43. The van der Waals surface area contributed by atoms with Gasteiger partial charge in [0.15, 0.2) is 12.2 Å². The summed E-state index contributed by atoms with van der Waals surface area (Å²) < 4.78 is 20.0. The maximum Gasteiger partial charge on any atom is 0.335 e. The number of amides is 1. The number of anilines is 1. The van der Waals surface area contributed by atoms with Crippen molar-refractivity contribution in [2.24, 2.45) is 0 Å². The molecule has 0 heterocycles. The Hall–Kier alpha value is -3.96. The van der Waals surface area contributed by atoms with E-state index in [2.05, 4.69) is 5.32 Å². The molecule has 0 unspecified atom stereocenters. The highest BCUT2D eigenvalue weighted by molar-refractivity contribution is 5.97. The Morgan fingerprint density at radius 3 is 1.97 bits per heavy atom. The van der Waals surface area contributed by atoms with Crippen molar-refractivity contribution in [2.45, 2.75) is 46.0 Å². The van der Waals surface area contributed by atoms with Gasteiger partial charge in [-0.2, -0.15) is 0 Å². The minimum absolute atomic E-state index is 0.0395. The molecule has 0 saturated carbocycles. The van der Waals surface area contributed by atoms with Crippen molar-refractivity contribution in [3.8, 4) is 0 Å². The minimum Gasteiger partial charge on any atom is -0.478 e. The number of hydrogen-bond acceptors (Lipinski definition) is 10. The summed E-state index contributed by atoms with van der Waals surface area (Å²) in [5.74, 6) is -5.71. The first-order chi connectivity index (χ1) is 14.9. The van der Waals surface area contributed by atoms with Crippen LogP contribution in [0.15, 0.2) is 24.3 Å². The number of carboxylic acids is 1. The van der Waals surface area contributed by atoms with E-state index in [1.54, 1.807) is 0 Å². The number of benzene rings is 1. The molecule has 12 nitrogen and oxygen atoms in total. The molecular formula is C20H23NO11. The van der Waals surface area contributed by atoms with Crippen molar-refractivity contribution in [3.05, 3.63) is 29.8 Å². The first-order valence-electron chi connectivity index (χ1n) is 9.20. The lowest BCUT2D eigenvalue weighted by molar-refractivity contribution is -0.190. The molecule has 2 N–H and O–H groups in total. The summed E-state index contributed by atoms with van der Waals surface area (Å²) in [7, 11) is 0. The van der Waals surface area contributed by atoms with Gasteiger partial charge >= 0.3 is 29.8 Å². The molecule has 1 aromatic rings. The van der Waals surface area contributed by atoms with Gasteiger partial charge in [-0.15, -0.1) is 0 Å². The monoisotopic (exact) mass is 453 g/mol. The van der Waals surface area contributed by atoms with Gasteiger partial charge in [0, 0.05) is 33.4 Å². The summed E-state index contributed by atoms with van der Waals surface area (Å²) >= 11 is 0. The van der Waals surface area contributed by atoms with Crippen LogP contribution >= 0.6 is 0 Å². The number of ether oxygens (including phenoxy) is 4. The SMILES string of the molecule is CC(=O)OC[C@@H](OC(C)=O)[C@@H](OC(C)=O)[C@@H](OC(C)=O)C(=O)Nc1cccc(C(=O)O)c1. The van der Waals surface area contributed by atoms with E-state index in [1.165, 1.54) is 18.2 Å². The van der Waals surface area contributed by atoms with Crippen LogP contribution in [0.2, 0.25) is 0 Å². The fourth-order valence-corrected chi connectivity index (χ4v) is 2.52. The quantitative estimate of drug-likeness (QED) is 0.377. The molecule has 0 saturated heterocycles. The van der Waals surface area contributed by atoms with Crippen LogP contribution in [-0.4, -0.2) is 65.8 Å². The van der Waals surface area contributed by atoms with E-state index >= 15 is 0 Å². The topological polar surface area (TPSA) is 172 Å². The lowest BCUT2D eigenvalue weighted by atomic mass is 10.1. The fourth-order valence-electron chi connectivity index (χ4n) is 2.52. The molecule has 1 amide bonds. The molecule has 0 bridgehead atoms. The highest BCUT2D eigenvalue weighted by Gasteiger charge is 2.42. The average Bonchev–Trinajstić information content (AvgIpc) is 2.67. The largest absolute Gasteiger partial charge is 0.478 e. The van der Waals surface area contributed by atoms with Gasteiger partial charge in [-0.3, -0.25) is 24.0 Å². The standard InChI is InChI=1S/C20H23NO11/c1-10(22)29-9-16(30-11(2)23)17(31-12(3)24)18(32-13(4)25)19(26)21-15-7-5-6-14(8-15)20(27)28/h5-8,16-18H,9H2,1-4H3,(H,21,26)(H,27,28)/t16-,17-,18-/m1/s1. The van der Waals surface area contributed by atoms with Gasteiger partial charge in [-0.25, -0.2) is 4.79 Å². The number of carbonyl (C=O) groups is 6. The van der Waals surface area contributed by atoms with Crippen LogP contribution in [0.5, 0.6) is 0 Å². The minimum atomic E-state index is -1.84. The Bertz CT molecular complexity index is 895. The summed E-state index contributed by atoms with van der Waals surface area (Å²) in [6, 6.07) is 5.18. The molecule has 0 aliphatic carbocycles. The van der Waals surface area contributed by atoms with Crippen LogP contribution in [0, 0.1) is 0 Å². The predicted molar refractivity (Wildman–Crippen MR) is 105 cm³/mol. The Kier molecular flexibility index (Phi) is 9.80. The molecule has 1 rings (SSSR count). The molecule has 12 heteroatoms. The van der Waals surface area contributed by atoms with Gasteiger partial charge in [-0.05, 0) is 18.2 Å². The van der Waals surface area contributed by atoms with E-state index < -0.39 is 60.7 Å². The molecule has 32 heavy (non-hydrogen) atoms. The number of carboxylic acid groups (broad SMARTS) is 1. The van der Waals surface area contributed by atoms with Crippen molar-refractivity contribution >= 4 is 41.4 Å². The number of hydrogen-bond donors (Lipinski definition) is 2. The molecule has 0 radical (unpaired) electrons. The summed E-state index contributed by atoms with van der Waals surface area (Å²) in [5.41, 5.74) is -0.0892. The molecule has 0 aromatic heterocycles. The normalized spacial score (nSPS) is 13.0. The van der Waals surface area contributed by atoms with Crippen LogP contribution in [-0.2, 0) is 42.9 Å². The van der Waals surface area contributed by atoms with E-state index in [1.807, 2.05) is 0 Å². The molecule has 174 valence electrons. The van der Waals surface area contributed by atoms with Gasteiger partial charge in [0.05, 0.1) is 5.56 Å². The summed E-state index contributed by atoms with van der Waals surface area (Å²) in [5, 5.41) is 11.4. The predicted octanol–water partition coefficient (Wildman–Crippen LogP) is 0.682. The third-order valence-electron chi connectivity index (χ3n) is 3.66. The Balaban J connectivity index is 3.32. The van der Waals surface area contributed by atoms with Gasteiger partial charge < -0.3 is 29.4 Å². The van der Waals surface area contributed by atoms with Crippen molar-refractivity contribution in [1.82, 2.24) is 0 Å². The van der Waals surface area contributed by atoms with Crippen molar-refractivity contribution in [3.63, 3.8) is 0 Å². The van der Waals surface area contributed by atoms with Crippen molar-refractivity contribution in [1.29, 1.82) is 0 Å². The van der Waals surface area contributed by atoms with Crippen LogP contribution in [0.1, 0.15) is 38.1 Å². The highest BCUT2D eigenvalue weighted by Crippen LogP contribution is 2.18. The molecule has 0 aliphatic rings. The molecular weight excluding hydrogens is 430 g/mol. The Morgan fingerprint density at radius 2 is 1.47 bits per heavy atom. The second kappa shape index (κ2) is 12.0. The van der Waals surface area contributed by atoms with Gasteiger partial charge in [0.1, 0.15) is 6.61 Å². The zero-order chi connectivity index (χ0) is 24.4. The van der Waals surface area contributed by atoms with Gasteiger partial charge in [-0.1, -0.05) is 6.07 Å². The summed E-state index contributed by atoms with van der Waals surface area (Å²) in [6.45, 7) is 3.50. The fraction of sp³-hybridized carbons (Fsp3) is 0.400. The molecule has 0 spiro atoms. The smallest absolute Gasteiger partial charge is 0.335 e. The number of aromatic carboxylic acids is 1. The van der Waals surface area contributed by atoms with Crippen LogP contribution in [0.4, 0.5) is 5.69 Å². The van der Waals surface area contributed by atoms with Crippen molar-refractivity contribution < 1.29 is 52.8 Å². The molecule has 3 atom stereocenters. The number of nitrogens with one attached hydrogen (secondary N) is 1. The van der Waals surface area contributed by atoms with E-state index in [4.69, 9.17) is 24.1 Å². The number of esters is 4. The second-order valence-electron chi connectivity index (χ2n) is 6.43. The van der Waals surface area contributed by atoms with E-state index in [0.717, 1.165) is 33.8 Å². The number of carbonyl (C=O) groups excluding carboxylic acids is 5. The zero-order valence-electron chi connectivity index (χ0n) is 17.8. The van der Waals surface area contributed by atoms with Gasteiger partial charge in [0.25, 0.3) is 5.91 Å². The first-order valence-corrected chi connectivity index (χ1v) is 9.20. The lowest BCUT2D eigenvalue weighted by Gasteiger charge is -2.30. The first kappa shape index (κ1) is 26.1. The third-order valence-corrected chi connectivity index (χ3v) is 3.66. The zero-order valence-corrected chi connectivity index (χ0v) is 17.8. The maximum absolute atomic E-state index is 12.9. The van der Waals surface area contributed by atoms with Crippen LogP contribution in [0.3, 0.4) is 0 Å². The third kappa shape index (κ3) is 8.81. The van der Waals surface area contributed by atoms with Gasteiger partial charge in [0.2, 0.25) is 6.10 Å². The molecule has 0 fully saturated rings. The van der Waals surface area contributed by atoms with E-state index in [0.29, 0.717) is 0 Å². The summed E-state index contributed by atoms with van der Waals surface area (Å²) in [4.78, 5) is 70.1. The number of rotatable bonds is 10. The van der Waals surface area contributed by atoms with Crippen molar-refractivity contribution in [2.75, 3.05) is 11.9 Å². The van der Waals surface area contributed by atoms with E-state index in [-0.39, 0.29) is 11.3 Å². The van der Waals surface area contributed by atoms with Crippen LogP contribution in [0.25, 0.3) is 0 Å². The van der Waals surface area contributed by atoms with Crippen LogP contribution < -0.4 is 5.32 Å². The average molecular weight is 453 g/mol. The molecule has 1 aromatic carbocycles. The maximum atomic E-state index is 12.9. The van der Waals surface area contributed by atoms with E-state index in [9.17, 15) is 28.8 Å².